The van der Waals surface area contributed by atoms with Gasteiger partial charge in [0.25, 0.3) is 0 Å². The summed E-state index contributed by atoms with van der Waals surface area (Å²) >= 11 is 0. The second-order valence-electron chi connectivity index (χ2n) is 0.841. The molecule has 4 heteroatoms. The van der Waals surface area contributed by atoms with E-state index >= 15 is 0 Å². The predicted molar refractivity (Wildman–Crippen MR) is 21.9 cm³/mol. The molecule has 4 N–H and O–H groups in total. The number of nitrogens with two attached hydrogens (primary N) is 1. The van der Waals surface area contributed by atoms with Gasteiger partial charge in [-0.25, -0.2) is 5.53 Å². The summed E-state index contributed by atoms with van der Waals surface area (Å²) in [7, 11) is 0. The van der Waals surface area contributed by atoms with Crippen molar-refractivity contribution in [3.05, 3.63) is 0 Å². The van der Waals surface area contributed by atoms with E-state index in [9.17, 15) is 0 Å². The minimum Gasteiger partial charge on any atom is -0.386 e. The first-order valence-electron chi connectivity index (χ1n) is 1.43. The van der Waals surface area contributed by atoms with Crippen LogP contribution in [0, 0.1) is 10.9 Å². The van der Waals surface area contributed by atoms with Gasteiger partial charge in [-0.15, -0.1) is 0 Å². The van der Waals surface area contributed by atoms with Gasteiger partial charge in [0, 0.05) is 0 Å². The third kappa shape index (κ3) is 3.07. The highest BCUT2D eigenvalue weighted by Crippen LogP contribution is 1.59. The Morgan fingerprint density at radius 1 is 1.83 bits per heavy atom. The summed E-state index contributed by atoms with van der Waals surface area (Å²) < 4.78 is 0. The molecule has 0 aromatic rings. The van der Waals surface area contributed by atoms with Gasteiger partial charge in [-0.05, 0) is 0 Å². The number of hydrogen-bond acceptors (Lipinski definition) is 3. The Morgan fingerprint density at radius 2 is 2.33 bits per heavy atom. The molecule has 0 bridgehead atoms. The lowest BCUT2D eigenvalue weighted by Gasteiger charge is -1.80. The Balaban J connectivity index is 3.05. The molecule has 0 spiro atoms. The lowest BCUT2D eigenvalue weighted by molar-refractivity contribution is 1.01. The quantitative estimate of drug-likeness (QED) is 0.245. The van der Waals surface area contributed by atoms with Gasteiger partial charge in [0.1, 0.15) is 12.4 Å². The van der Waals surface area contributed by atoms with Crippen molar-refractivity contribution in [3.8, 4) is 0 Å². The third-order valence-corrected chi connectivity index (χ3v) is 0.249. The summed E-state index contributed by atoms with van der Waals surface area (Å²) in [6.07, 6.45) is 0. The van der Waals surface area contributed by atoms with Crippen molar-refractivity contribution < 1.29 is 0 Å². The highest BCUT2D eigenvalue weighted by Gasteiger charge is 1.77. The van der Waals surface area contributed by atoms with E-state index in [1.807, 2.05) is 0 Å². The fourth-order valence-corrected chi connectivity index (χ4v) is 0.0852. The number of amidine groups is 1. The van der Waals surface area contributed by atoms with Crippen LogP contribution in [0.15, 0.2) is 5.11 Å². The zero-order valence-corrected chi connectivity index (χ0v) is 3.23. The maximum Gasteiger partial charge on any atom is 0.116 e. The second kappa shape index (κ2) is 2.32. The van der Waals surface area contributed by atoms with Gasteiger partial charge in [-0.1, -0.05) is 0 Å². The minimum absolute atomic E-state index is 0.0278. The van der Waals surface area contributed by atoms with E-state index in [-0.39, 0.29) is 12.4 Å². The molecular weight excluding hydrogens is 80.1 g/mol. The standard InChI is InChI=1S/C2H6N4/c3-2(4)1-6-5/h5H,1H2,(H3,3,4). The van der Waals surface area contributed by atoms with Crippen molar-refractivity contribution in [2.75, 3.05) is 6.54 Å². The first-order chi connectivity index (χ1) is 2.77. The summed E-state index contributed by atoms with van der Waals surface area (Å²) in [6, 6.07) is 0. The van der Waals surface area contributed by atoms with E-state index in [2.05, 4.69) is 5.11 Å². The molecule has 0 saturated heterocycles. The van der Waals surface area contributed by atoms with Gasteiger partial charge in [-0.2, -0.15) is 5.11 Å². The van der Waals surface area contributed by atoms with Crippen LogP contribution in [0.2, 0.25) is 0 Å². The largest absolute Gasteiger partial charge is 0.386 e. The Labute approximate surface area is 35.4 Å². The monoisotopic (exact) mass is 86.1 g/mol. The molecule has 0 aromatic heterocycles. The SMILES string of the molecule is N=NCC(=N)N. The Kier molecular flexibility index (Phi) is 1.96. The molecule has 0 aliphatic heterocycles. The summed E-state index contributed by atoms with van der Waals surface area (Å²) in [4.78, 5) is 0. The van der Waals surface area contributed by atoms with Crippen LogP contribution in [0.1, 0.15) is 0 Å². The van der Waals surface area contributed by atoms with Crippen LogP contribution in [0.4, 0.5) is 0 Å². The molecule has 34 valence electrons. The normalized spacial score (nSPS) is 7.33. The molecule has 0 unspecified atom stereocenters. The first kappa shape index (κ1) is 5.07. The van der Waals surface area contributed by atoms with Crippen LogP contribution in [0.5, 0.6) is 0 Å². The van der Waals surface area contributed by atoms with Gasteiger partial charge in [0.05, 0.1) is 0 Å². The third-order valence-electron chi connectivity index (χ3n) is 0.249. The topological polar surface area (TPSA) is 86.1 Å². The van der Waals surface area contributed by atoms with Gasteiger partial charge in [0.15, 0.2) is 0 Å². The molecule has 4 nitrogen and oxygen atoms in total. The molecule has 0 radical (unpaired) electrons. The summed E-state index contributed by atoms with van der Waals surface area (Å²) in [5, 5.41) is 9.29. The molecular formula is C2H6N4. The van der Waals surface area contributed by atoms with E-state index in [1.54, 1.807) is 0 Å². The number of nitrogens with zero attached hydrogens (tertiary/aromatic N) is 1. The van der Waals surface area contributed by atoms with Crippen molar-refractivity contribution in [2.45, 2.75) is 0 Å². The lowest BCUT2D eigenvalue weighted by atomic mass is 10.6. The minimum atomic E-state index is -0.0648. The van der Waals surface area contributed by atoms with Crippen molar-refractivity contribution in [1.29, 1.82) is 10.9 Å². The highest BCUT2D eigenvalue weighted by atomic mass is 15.0. The number of hydrogen-bond donors (Lipinski definition) is 3. The highest BCUT2D eigenvalue weighted by molar-refractivity contribution is 5.78. The molecule has 0 heterocycles. The van der Waals surface area contributed by atoms with E-state index in [1.165, 1.54) is 0 Å². The first-order valence-corrected chi connectivity index (χ1v) is 1.43. The van der Waals surface area contributed by atoms with Crippen LogP contribution in [0.25, 0.3) is 0 Å². The van der Waals surface area contributed by atoms with E-state index < -0.39 is 0 Å². The summed E-state index contributed by atoms with van der Waals surface area (Å²) in [5.74, 6) is -0.0648. The molecule has 0 aliphatic carbocycles. The maximum atomic E-state index is 6.46. The van der Waals surface area contributed by atoms with Gasteiger partial charge < -0.3 is 5.73 Å². The molecule has 0 aromatic carbocycles. The molecule has 0 atom stereocenters. The van der Waals surface area contributed by atoms with Crippen molar-refractivity contribution in [3.63, 3.8) is 0 Å². The van der Waals surface area contributed by atoms with Gasteiger partial charge >= 0.3 is 0 Å². The Bertz CT molecular complexity index is 65.9. The number of nitrogens with one attached hydrogen (secondary N) is 2. The Hall–Kier alpha value is -0.930. The van der Waals surface area contributed by atoms with Crippen LogP contribution in [-0.4, -0.2) is 12.4 Å². The fourth-order valence-electron chi connectivity index (χ4n) is 0.0852. The zero-order chi connectivity index (χ0) is 4.99. The molecule has 0 aliphatic rings. The fraction of sp³-hybridized carbons (Fsp3) is 0.500. The van der Waals surface area contributed by atoms with Crippen LogP contribution in [-0.2, 0) is 0 Å². The van der Waals surface area contributed by atoms with Crippen molar-refractivity contribution >= 4 is 5.84 Å². The summed E-state index contributed by atoms with van der Waals surface area (Å²) in [6.45, 7) is 0.0278. The smallest absolute Gasteiger partial charge is 0.116 e. The molecule has 0 saturated carbocycles. The second-order valence-corrected chi connectivity index (χ2v) is 0.841. The van der Waals surface area contributed by atoms with Gasteiger partial charge in [0.2, 0.25) is 0 Å². The molecule has 0 fully saturated rings. The van der Waals surface area contributed by atoms with Gasteiger partial charge in [-0.3, -0.25) is 5.41 Å². The Morgan fingerprint density at radius 3 is 2.33 bits per heavy atom. The van der Waals surface area contributed by atoms with Crippen LogP contribution >= 0.6 is 0 Å². The average molecular weight is 86.1 g/mol. The van der Waals surface area contributed by atoms with Crippen molar-refractivity contribution in [2.24, 2.45) is 10.8 Å². The predicted octanol–water partition coefficient (Wildman–Crippen LogP) is -0.0467. The van der Waals surface area contributed by atoms with Crippen LogP contribution < -0.4 is 5.73 Å². The van der Waals surface area contributed by atoms with Crippen LogP contribution in [0.3, 0.4) is 0 Å². The van der Waals surface area contributed by atoms with E-state index in [0.717, 1.165) is 0 Å². The maximum absolute atomic E-state index is 6.46. The molecule has 0 amide bonds. The summed E-state index contributed by atoms with van der Waals surface area (Å²) in [5.41, 5.74) is 10.9. The van der Waals surface area contributed by atoms with Crippen molar-refractivity contribution in [1.82, 2.24) is 0 Å². The lowest BCUT2D eigenvalue weighted by Crippen LogP contribution is -2.12. The molecule has 6 heavy (non-hydrogen) atoms. The zero-order valence-electron chi connectivity index (χ0n) is 3.23. The number of rotatable bonds is 2. The van der Waals surface area contributed by atoms with E-state index in [4.69, 9.17) is 16.7 Å². The van der Waals surface area contributed by atoms with E-state index in [0.29, 0.717) is 0 Å². The average Bonchev–Trinajstić information content (AvgIpc) is 1.35. The molecule has 0 rings (SSSR count).